The molecule has 0 atom stereocenters. The summed E-state index contributed by atoms with van der Waals surface area (Å²) in [4.78, 5) is 0. The van der Waals surface area contributed by atoms with Gasteiger partial charge in [0.1, 0.15) is 0 Å². The molecule has 1 heteroatoms. The average Bonchev–Trinajstić information content (AvgIpc) is 2.24. The van der Waals surface area contributed by atoms with E-state index in [0.29, 0.717) is 0 Å². The summed E-state index contributed by atoms with van der Waals surface area (Å²) in [7, 11) is 0. The molecule has 0 aliphatic rings. The maximum Gasteiger partial charge on any atom is 0.0786 e. The van der Waals surface area contributed by atoms with Crippen LogP contribution in [0.4, 0.5) is 0 Å². The molecular weight excluding hydrogens is 170 g/mol. The molecule has 0 bridgehead atoms. The molecule has 0 saturated heterocycles. The van der Waals surface area contributed by atoms with Gasteiger partial charge in [-0.05, 0) is 33.6 Å². The van der Waals surface area contributed by atoms with E-state index in [1.165, 1.54) is 62.8 Å². The van der Waals surface area contributed by atoms with Crippen LogP contribution < -0.4 is 0 Å². The monoisotopic (exact) mass is 200 g/mol. The lowest BCUT2D eigenvalue weighted by Gasteiger charge is -2.35. The van der Waals surface area contributed by atoms with E-state index in [9.17, 15) is 0 Å². The van der Waals surface area contributed by atoms with Crippen LogP contribution in [0.5, 0.6) is 0 Å². The van der Waals surface area contributed by atoms with Crippen LogP contribution >= 0.6 is 0 Å². The molecule has 0 amide bonds. The van der Waals surface area contributed by atoms with Crippen LogP contribution in [0.25, 0.3) is 0 Å². The summed E-state index contributed by atoms with van der Waals surface area (Å²) in [6.07, 6.45) is 7.08. The highest BCUT2D eigenvalue weighted by Crippen LogP contribution is 2.10. The Bertz CT molecular complexity index is 108. The molecule has 0 saturated carbocycles. The molecule has 0 radical (unpaired) electrons. The van der Waals surface area contributed by atoms with Crippen molar-refractivity contribution in [2.45, 2.75) is 59.8 Å². The van der Waals surface area contributed by atoms with Crippen molar-refractivity contribution in [1.29, 1.82) is 0 Å². The smallest absolute Gasteiger partial charge is 0.0786 e. The van der Waals surface area contributed by atoms with Crippen LogP contribution in [0.2, 0.25) is 0 Å². The topological polar surface area (TPSA) is 0 Å². The van der Waals surface area contributed by atoms with Crippen molar-refractivity contribution in [2.24, 2.45) is 0 Å². The van der Waals surface area contributed by atoms with E-state index in [2.05, 4.69) is 27.7 Å². The second kappa shape index (κ2) is 8.28. The molecule has 86 valence electrons. The summed E-state index contributed by atoms with van der Waals surface area (Å²) < 4.78 is 1.33. The molecule has 14 heavy (non-hydrogen) atoms. The number of quaternary nitrogens is 1. The quantitative estimate of drug-likeness (QED) is 0.392. The van der Waals surface area contributed by atoms with Gasteiger partial charge in [-0.15, -0.1) is 0 Å². The van der Waals surface area contributed by atoms with E-state index in [4.69, 9.17) is 0 Å². The van der Waals surface area contributed by atoms with Crippen molar-refractivity contribution in [3.05, 3.63) is 0 Å². The Balaban J connectivity index is 3.61. The summed E-state index contributed by atoms with van der Waals surface area (Å²) in [6, 6.07) is 0. The van der Waals surface area contributed by atoms with Gasteiger partial charge in [0.15, 0.2) is 0 Å². The highest BCUT2D eigenvalue weighted by Gasteiger charge is 2.19. The zero-order valence-corrected chi connectivity index (χ0v) is 10.8. The fraction of sp³-hybridized carbons (Fsp3) is 1.00. The highest BCUT2D eigenvalue weighted by atomic mass is 15.3. The molecule has 0 heterocycles. The molecule has 0 spiro atoms. The Morgan fingerprint density at radius 1 is 0.643 bits per heavy atom. The van der Waals surface area contributed by atoms with Gasteiger partial charge < -0.3 is 4.48 Å². The van der Waals surface area contributed by atoms with Crippen LogP contribution in [-0.2, 0) is 0 Å². The fourth-order valence-corrected chi connectivity index (χ4v) is 2.20. The van der Waals surface area contributed by atoms with Gasteiger partial charge in [0.25, 0.3) is 0 Å². The minimum Gasteiger partial charge on any atom is -0.324 e. The molecule has 0 aromatic rings. The first kappa shape index (κ1) is 14.0. The molecule has 0 fully saturated rings. The third-order valence-corrected chi connectivity index (χ3v) is 3.75. The largest absolute Gasteiger partial charge is 0.324 e. The second-order valence-corrected chi connectivity index (χ2v) is 4.43. The normalized spacial score (nSPS) is 12.0. The number of nitrogens with zero attached hydrogens (tertiary/aromatic N) is 1. The van der Waals surface area contributed by atoms with Crippen LogP contribution in [0.3, 0.4) is 0 Å². The third kappa shape index (κ3) is 4.99. The standard InChI is InChI=1S/C13H30N/c1-5-9-10-11-12-13-14(6-2,7-3)8-4/h5-13H2,1-4H3/q+1. The number of hydrogen-bond donors (Lipinski definition) is 0. The number of rotatable bonds is 9. The van der Waals surface area contributed by atoms with E-state index in [1.807, 2.05) is 0 Å². The summed E-state index contributed by atoms with van der Waals surface area (Å²) in [5.41, 5.74) is 0. The highest BCUT2D eigenvalue weighted by molar-refractivity contribution is 4.44. The van der Waals surface area contributed by atoms with Crippen molar-refractivity contribution in [1.82, 2.24) is 0 Å². The zero-order valence-electron chi connectivity index (χ0n) is 10.8. The van der Waals surface area contributed by atoms with Crippen molar-refractivity contribution in [3.63, 3.8) is 0 Å². The van der Waals surface area contributed by atoms with E-state index in [-0.39, 0.29) is 0 Å². The fourth-order valence-electron chi connectivity index (χ4n) is 2.20. The van der Waals surface area contributed by atoms with E-state index in [0.717, 1.165) is 0 Å². The third-order valence-electron chi connectivity index (χ3n) is 3.75. The molecule has 0 rings (SSSR count). The first-order chi connectivity index (χ1) is 6.74. The Kier molecular flexibility index (Phi) is 8.26. The summed E-state index contributed by atoms with van der Waals surface area (Å²) in [5.74, 6) is 0. The van der Waals surface area contributed by atoms with E-state index < -0.39 is 0 Å². The van der Waals surface area contributed by atoms with Gasteiger partial charge >= 0.3 is 0 Å². The minimum atomic E-state index is 1.31. The Hall–Kier alpha value is -0.0400. The van der Waals surface area contributed by atoms with Gasteiger partial charge in [-0.2, -0.15) is 0 Å². The molecule has 1 nitrogen and oxygen atoms in total. The van der Waals surface area contributed by atoms with Crippen molar-refractivity contribution >= 4 is 0 Å². The van der Waals surface area contributed by atoms with Gasteiger partial charge in [-0.3, -0.25) is 0 Å². The molecule has 0 unspecified atom stereocenters. The van der Waals surface area contributed by atoms with Gasteiger partial charge in [-0.25, -0.2) is 0 Å². The lowest BCUT2D eigenvalue weighted by molar-refractivity contribution is -0.923. The van der Waals surface area contributed by atoms with Crippen molar-refractivity contribution < 1.29 is 4.48 Å². The van der Waals surface area contributed by atoms with Gasteiger partial charge in [-0.1, -0.05) is 26.2 Å². The lowest BCUT2D eigenvalue weighted by Crippen LogP contribution is -2.48. The Labute approximate surface area is 91.1 Å². The van der Waals surface area contributed by atoms with E-state index >= 15 is 0 Å². The molecule has 0 aliphatic heterocycles. The zero-order chi connectivity index (χ0) is 10.9. The lowest BCUT2D eigenvalue weighted by atomic mass is 10.1. The molecule has 0 N–H and O–H groups in total. The van der Waals surface area contributed by atoms with Crippen LogP contribution in [0.15, 0.2) is 0 Å². The molecule has 0 aliphatic carbocycles. The van der Waals surface area contributed by atoms with Crippen molar-refractivity contribution in [2.75, 3.05) is 26.2 Å². The minimum absolute atomic E-state index is 1.31. The van der Waals surface area contributed by atoms with Crippen molar-refractivity contribution in [3.8, 4) is 0 Å². The summed E-state index contributed by atoms with van der Waals surface area (Å²) in [5, 5.41) is 0. The molecule has 0 aromatic carbocycles. The predicted octanol–water partition coefficient (Wildman–Crippen LogP) is 3.83. The molecule has 0 aromatic heterocycles. The Morgan fingerprint density at radius 2 is 1.14 bits per heavy atom. The van der Waals surface area contributed by atoms with Crippen LogP contribution in [0, 0.1) is 0 Å². The first-order valence-corrected chi connectivity index (χ1v) is 6.59. The Morgan fingerprint density at radius 3 is 1.57 bits per heavy atom. The summed E-state index contributed by atoms with van der Waals surface area (Å²) >= 11 is 0. The van der Waals surface area contributed by atoms with Crippen LogP contribution in [-0.4, -0.2) is 30.7 Å². The van der Waals surface area contributed by atoms with Gasteiger partial charge in [0, 0.05) is 0 Å². The maximum atomic E-state index is 2.33. The van der Waals surface area contributed by atoms with Crippen LogP contribution in [0.1, 0.15) is 59.8 Å². The summed E-state index contributed by atoms with van der Waals surface area (Å²) in [6.45, 7) is 14.6. The van der Waals surface area contributed by atoms with Gasteiger partial charge in [0.05, 0.1) is 26.2 Å². The first-order valence-electron chi connectivity index (χ1n) is 6.59. The van der Waals surface area contributed by atoms with Gasteiger partial charge in [0.2, 0.25) is 0 Å². The van der Waals surface area contributed by atoms with E-state index in [1.54, 1.807) is 0 Å². The number of unbranched alkanes of at least 4 members (excludes halogenated alkanes) is 4. The number of hydrogen-bond acceptors (Lipinski definition) is 0. The second-order valence-electron chi connectivity index (χ2n) is 4.43. The molecular formula is C13H30N+. The maximum absolute atomic E-state index is 2.33. The predicted molar refractivity (Wildman–Crippen MR) is 65.5 cm³/mol. The average molecular weight is 200 g/mol. The SMILES string of the molecule is CCCCCCC[N+](CC)(CC)CC.